The number of aromatic nitrogens is 2. The van der Waals surface area contributed by atoms with E-state index in [1.54, 1.807) is 7.05 Å². The number of esters is 1. The highest BCUT2D eigenvalue weighted by Gasteiger charge is 2.39. The molecule has 0 aliphatic heterocycles. The first-order chi connectivity index (χ1) is 11.0. The summed E-state index contributed by atoms with van der Waals surface area (Å²) in [6.07, 6.45) is 6.81. The van der Waals surface area contributed by atoms with Crippen LogP contribution in [0.4, 0.5) is 5.82 Å². The highest BCUT2D eigenvalue weighted by atomic mass is 16.5. The second kappa shape index (κ2) is 7.05. The SMILES string of the molecule is CN(C(=O)COC(=O)c1nccnc1N)C1(C#N)CCCCC1. The summed E-state index contributed by atoms with van der Waals surface area (Å²) in [5.74, 6) is -1.30. The lowest BCUT2D eigenvalue weighted by Crippen LogP contribution is -2.51. The van der Waals surface area contributed by atoms with Gasteiger partial charge in [-0.25, -0.2) is 14.8 Å². The van der Waals surface area contributed by atoms with Crippen LogP contribution in [0.3, 0.4) is 0 Å². The molecule has 1 fully saturated rings. The summed E-state index contributed by atoms with van der Waals surface area (Å²) in [4.78, 5) is 33.0. The molecule has 1 aromatic rings. The van der Waals surface area contributed by atoms with E-state index >= 15 is 0 Å². The predicted octanol–water partition coefficient (Wildman–Crippen LogP) is 0.900. The maximum Gasteiger partial charge on any atom is 0.361 e. The number of likely N-dealkylation sites (N-methyl/N-ethyl adjacent to an activating group) is 1. The van der Waals surface area contributed by atoms with Crippen LogP contribution >= 0.6 is 0 Å². The molecule has 1 aromatic heterocycles. The molecule has 8 nitrogen and oxygen atoms in total. The van der Waals surface area contributed by atoms with E-state index in [9.17, 15) is 14.9 Å². The number of carbonyl (C=O) groups excluding carboxylic acids is 2. The van der Waals surface area contributed by atoms with Gasteiger partial charge in [-0.1, -0.05) is 19.3 Å². The van der Waals surface area contributed by atoms with E-state index in [0.29, 0.717) is 12.8 Å². The zero-order valence-corrected chi connectivity index (χ0v) is 13.0. The van der Waals surface area contributed by atoms with Crippen LogP contribution in [0.25, 0.3) is 0 Å². The molecule has 1 amide bonds. The van der Waals surface area contributed by atoms with Gasteiger partial charge in [-0.15, -0.1) is 0 Å². The minimum Gasteiger partial charge on any atom is -0.451 e. The van der Waals surface area contributed by atoms with E-state index in [4.69, 9.17) is 10.5 Å². The van der Waals surface area contributed by atoms with Gasteiger partial charge in [0, 0.05) is 19.4 Å². The van der Waals surface area contributed by atoms with Crippen molar-refractivity contribution in [2.45, 2.75) is 37.6 Å². The van der Waals surface area contributed by atoms with Gasteiger partial charge >= 0.3 is 5.97 Å². The Labute approximate surface area is 134 Å². The Balaban J connectivity index is 1.98. The van der Waals surface area contributed by atoms with Crippen LogP contribution in [0.5, 0.6) is 0 Å². The Morgan fingerprint density at radius 1 is 1.35 bits per heavy atom. The van der Waals surface area contributed by atoms with Crippen LogP contribution in [-0.2, 0) is 9.53 Å². The van der Waals surface area contributed by atoms with Gasteiger partial charge in [-0.2, -0.15) is 5.26 Å². The van der Waals surface area contributed by atoms with Crippen molar-refractivity contribution in [1.29, 1.82) is 5.26 Å². The van der Waals surface area contributed by atoms with Crippen molar-refractivity contribution < 1.29 is 14.3 Å². The van der Waals surface area contributed by atoms with Crippen LogP contribution in [0.2, 0.25) is 0 Å². The lowest BCUT2D eigenvalue weighted by Gasteiger charge is -2.38. The van der Waals surface area contributed by atoms with E-state index in [2.05, 4.69) is 16.0 Å². The minimum atomic E-state index is -0.813. The molecule has 0 saturated heterocycles. The molecule has 0 radical (unpaired) electrons. The number of hydrogen-bond acceptors (Lipinski definition) is 7. The maximum absolute atomic E-state index is 12.3. The fourth-order valence-corrected chi connectivity index (χ4v) is 2.70. The van der Waals surface area contributed by atoms with Crippen molar-refractivity contribution in [1.82, 2.24) is 14.9 Å². The average molecular weight is 317 g/mol. The second-order valence-electron chi connectivity index (χ2n) is 5.52. The Hall–Kier alpha value is -2.69. The number of hydrogen-bond donors (Lipinski definition) is 1. The number of ether oxygens (including phenoxy) is 1. The monoisotopic (exact) mass is 317 g/mol. The highest BCUT2D eigenvalue weighted by Crippen LogP contribution is 2.32. The van der Waals surface area contributed by atoms with E-state index < -0.39 is 24.0 Å². The molecule has 1 saturated carbocycles. The number of nitriles is 1. The third-order valence-corrected chi connectivity index (χ3v) is 4.15. The van der Waals surface area contributed by atoms with Gasteiger partial charge in [0.15, 0.2) is 18.1 Å². The van der Waals surface area contributed by atoms with Crippen molar-refractivity contribution in [2.75, 3.05) is 19.4 Å². The number of nitrogen functional groups attached to an aromatic ring is 1. The first-order valence-electron chi connectivity index (χ1n) is 7.42. The summed E-state index contributed by atoms with van der Waals surface area (Å²) in [6.45, 7) is -0.464. The Kier molecular flexibility index (Phi) is 5.11. The number of nitrogens with zero attached hydrogens (tertiary/aromatic N) is 4. The zero-order chi connectivity index (χ0) is 16.9. The summed E-state index contributed by atoms with van der Waals surface area (Å²) in [6, 6.07) is 2.25. The summed E-state index contributed by atoms with van der Waals surface area (Å²) in [5.41, 5.74) is 4.59. The molecule has 2 N–H and O–H groups in total. The summed E-state index contributed by atoms with van der Waals surface area (Å²) < 4.78 is 4.95. The van der Waals surface area contributed by atoms with Crippen molar-refractivity contribution in [3.05, 3.63) is 18.1 Å². The fourth-order valence-electron chi connectivity index (χ4n) is 2.70. The van der Waals surface area contributed by atoms with Crippen LogP contribution in [-0.4, -0.2) is 45.9 Å². The van der Waals surface area contributed by atoms with Gasteiger partial charge in [-0.05, 0) is 12.8 Å². The summed E-state index contributed by atoms with van der Waals surface area (Å²) >= 11 is 0. The molecular formula is C15H19N5O3. The maximum atomic E-state index is 12.3. The van der Waals surface area contributed by atoms with Crippen molar-refractivity contribution in [2.24, 2.45) is 0 Å². The van der Waals surface area contributed by atoms with Crippen LogP contribution < -0.4 is 5.73 Å². The van der Waals surface area contributed by atoms with Crippen LogP contribution in [0, 0.1) is 11.3 Å². The first-order valence-corrected chi connectivity index (χ1v) is 7.42. The van der Waals surface area contributed by atoms with Crippen LogP contribution in [0.15, 0.2) is 12.4 Å². The molecule has 8 heteroatoms. The van der Waals surface area contributed by atoms with E-state index in [1.165, 1.54) is 17.3 Å². The van der Waals surface area contributed by atoms with E-state index in [-0.39, 0.29) is 11.5 Å². The average Bonchev–Trinajstić information content (AvgIpc) is 2.59. The molecule has 0 atom stereocenters. The quantitative estimate of drug-likeness (QED) is 0.818. The number of nitrogens with two attached hydrogens (primary N) is 1. The topological polar surface area (TPSA) is 122 Å². The third-order valence-electron chi connectivity index (χ3n) is 4.15. The number of rotatable bonds is 4. The molecule has 1 aliphatic carbocycles. The standard InChI is InChI=1S/C15H19N5O3/c1-20(15(10-16)5-3-2-4-6-15)11(21)9-23-14(22)12-13(17)19-8-7-18-12/h7-8H,2-6,9H2,1H3,(H2,17,19). The highest BCUT2D eigenvalue weighted by molar-refractivity contribution is 5.93. The smallest absolute Gasteiger partial charge is 0.361 e. The number of carbonyl (C=O) groups is 2. The van der Waals surface area contributed by atoms with Gasteiger partial charge in [0.25, 0.3) is 5.91 Å². The third kappa shape index (κ3) is 3.56. The van der Waals surface area contributed by atoms with Crippen molar-refractivity contribution >= 4 is 17.7 Å². The minimum absolute atomic E-state index is 0.0564. The molecule has 0 spiro atoms. The number of anilines is 1. The molecule has 23 heavy (non-hydrogen) atoms. The molecular weight excluding hydrogens is 298 g/mol. The summed E-state index contributed by atoms with van der Waals surface area (Å²) in [5, 5.41) is 9.47. The Morgan fingerprint density at radius 2 is 2.00 bits per heavy atom. The molecule has 0 bridgehead atoms. The summed E-state index contributed by atoms with van der Waals surface area (Å²) in [7, 11) is 1.57. The van der Waals surface area contributed by atoms with Gasteiger partial charge < -0.3 is 15.4 Å². The fraction of sp³-hybridized carbons (Fsp3) is 0.533. The lowest BCUT2D eigenvalue weighted by molar-refractivity contribution is -0.138. The molecule has 2 rings (SSSR count). The predicted molar refractivity (Wildman–Crippen MR) is 80.9 cm³/mol. The van der Waals surface area contributed by atoms with Crippen LogP contribution in [0.1, 0.15) is 42.6 Å². The lowest BCUT2D eigenvalue weighted by atomic mass is 9.81. The van der Waals surface area contributed by atoms with Crippen molar-refractivity contribution in [3.8, 4) is 6.07 Å². The second-order valence-corrected chi connectivity index (χ2v) is 5.52. The Bertz CT molecular complexity index is 634. The van der Waals surface area contributed by atoms with E-state index in [1.807, 2.05) is 0 Å². The van der Waals surface area contributed by atoms with E-state index in [0.717, 1.165) is 19.3 Å². The van der Waals surface area contributed by atoms with Gasteiger partial charge in [-0.3, -0.25) is 4.79 Å². The zero-order valence-electron chi connectivity index (χ0n) is 13.0. The van der Waals surface area contributed by atoms with Crippen molar-refractivity contribution in [3.63, 3.8) is 0 Å². The Morgan fingerprint density at radius 3 is 2.61 bits per heavy atom. The largest absolute Gasteiger partial charge is 0.451 e. The molecule has 122 valence electrons. The number of amides is 1. The molecule has 0 aromatic carbocycles. The molecule has 1 aliphatic rings. The normalized spacial score (nSPS) is 16.2. The van der Waals surface area contributed by atoms with Gasteiger partial charge in [0.05, 0.1) is 6.07 Å². The molecule has 0 unspecified atom stereocenters. The molecule has 1 heterocycles. The first kappa shape index (κ1) is 16.7. The van der Waals surface area contributed by atoms with Gasteiger partial charge in [0.1, 0.15) is 5.54 Å². The van der Waals surface area contributed by atoms with Gasteiger partial charge in [0.2, 0.25) is 0 Å².